The molecule has 0 aromatic heterocycles. The van der Waals surface area contributed by atoms with Gasteiger partial charge in [-0.05, 0) is 37.0 Å². The molecule has 1 amide bonds. The second-order valence-corrected chi connectivity index (χ2v) is 6.38. The van der Waals surface area contributed by atoms with Gasteiger partial charge in [-0.3, -0.25) is 4.79 Å². The number of benzene rings is 1. The van der Waals surface area contributed by atoms with Gasteiger partial charge >= 0.3 is 6.18 Å². The maximum Gasteiger partial charge on any atom is 0.416 e. The molecule has 2 heterocycles. The number of hydrogen-bond donors (Lipinski definition) is 1. The van der Waals surface area contributed by atoms with Gasteiger partial charge in [-0.15, -0.1) is 0 Å². The molecule has 1 N–H and O–H groups in total. The van der Waals surface area contributed by atoms with E-state index in [2.05, 4.69) is 5.32 Å². The highest BCUT2D eigenvalue weighted by atomic mass is 19.4. The molecular weight excluding hydrogens is 321 g/mol. The molecule has 0 bridgehead atoms. The first-order valence-corrected chi connectivity index (χ1v) is 8.22. The molecule has 0 aliphatic carbocycles. The average molecular weight is 342 g/mol. The second-order valence-electron chi connectivity index (χ2n) is 6.38. The molecule has 2 unspecified atom stereocenters. The third-order valence-electron chi connectivity index (χ3n) is 4.52. The molecule has 2 atom stereocenters. The van der Waals surface area contributed by atoms with Crippen LogP contribution in [-0.4, -0.2) is 42.6 Å². The average Bonchev–Trinajstić information content (AvgIpc) is 3.04. The summed E-state index contributed by atoms with van der Waals surface area (Å²) in [5, 5.41) is 3.32. The van der Waals surface area contributed by atoms with Crippen LogP contribution in [0.2, 0.25) is 0 Å². The molecule has 0 saturated carbocycles. The third-order valence-corrected chi connectivity index (χ3v) is 4.52. The minimum atomic E-state index is -4.37. The number of piperidine rings is 1. The van der Waals surface area contributed by atoms with Crippen LogP contribution in [0.3, 0.4) is 0 Å². The number of ether oxygens (including phenoxy) is 1. The Bertz CT molecular complexity index is 585. The molecule has 0 radical (unpaired) electrons. The van der Waals surface area contributed by atoms with Gasteiger partial charge in [-0.25, -0.2) is 0 Å². The van der Waals surface area contributed by atoms with Crippen molar-refractivity contribution in [2.45, 2.75) is 44.1 Å². The van der Waals surface area contributed by atoms with Gasteiger partial charge in [0.2, 0.25) is 5.91 Å². The van der Waals surface area contributed by atoms with Crippen LogP contribution in [0.4, 0.5) is 13.2 Å². The van der Waals surface area contributed by atoms with Gasteiger partial charge in [-0.1, -0.05) is 12.1 Å². The first kappa shape index (κ1) is 17.2. The molecule has 1 aromatic rings. The molecular formula is C17H21F3N2O2. The van der Waals surface area contributed by atoms with E-state index < -0.39 is 11.7 Å². The Morgan fingerprint density at radius 1 is 1.29 bits per heavy atom. The quantitative estimate of drug-likeness (QED) is 0.914. The van der Waals surface area contributed by atoms with Crippen LogP contribution in [0.15, 0.2) is 24.3 Å². The fourth-order valence-electron chi connectivity index (χ4n) is 3.27. The number of amides is 1. The largest absolute Gasteiger partial charge is 0.416 e. The van der Waals surface area contributed by atoms with Crippen molar-refractivity contribution < 1.29 is 22.7 Å². The second kappa shape index (κ2) is 7.11. The van der Waals surface area contributed by atoms with Gasteiger partial charge in [0.15, 0.2) is 0 Å². The Hall–Kier alpha value is -1.60. The minimum absolute atomic E-state index is 0.0365. The van der Waals surface area contributed by atoms with Crippen molar-refractivity contribution in [3.05, 3.63) is 35.4 Å². The molecule has 0 spiro atoms. The van der Waals surface area contributed by atoms with E-state index in [0.717, 1.165) is 31.4 Å². The zero-order valence-corrected chi connectivity index (χ0v) is 13.3. The number of carbonyl (C=O) groups excluding carboxylic acids is 1. The summed E-state index contributed by atoms with van der Waals surface area (Å²) in [6.45, 7) is 2.10. The van der Waals surface area contributed by atoms with Crippen LogP contribution in [-0.2, 0) is 22.3 Å². The Balaban J connectivity index is 1.65. The minimum Gasteiger partial charge on any atom is -0.380 e. The normalized spacial score (nSPS) is 25.3. The van der Waals surface area contributed by atoms with Crippen LogP contribution in [0.1, 0.15) is 30.4 Å². The number of halogens is 3. The van der Waals surface area contributed by atoms with Crippen LogP contribution in [0.25, 0.3) is 0 Å². The zero-order valence-electron chi connectivity index (χ0n) is 13.3. The van der Waals surface area contributed by atoms with E-state index in [1.54, 1.807) is 11.0 Å². The summed E-state index contributed by atoms with van der Waals surface area (Å²) < 4.78 is 43.7. The summed E-state index contributed by atoms with van der Waals surface area (Å²) in [6.07, 6.45) is -1.88. The molecule has 132 valence electrons. The Labute approximate surface area is 139 Å². The number of nitrogens with one attached hydrogen (secondary N) is 1. The summed E-state index contributed by atoms with van der Waals surface area (Å²) in [6, 6.07) is 5.10. The highest BCUT2D eigenvalue weighted by Crippen LogP contribution is 2.30. The molecule has 2 saturated heterocycles. The van der Waals surface area contributed by atoms with Crippen molar-refractivity contribution in [2.24, 2.45) is 0 Å². The Morgan fingerprint density at radius 2 is 2.12 bits per heavy atom. The van der Waals surface area contributed by atoms with Gasteiger partial charge < -0.3 is 15.0 Å². The number of alkyl halides is 3. The Kier molecular flexibility index (Phi) is 5.10. The smallest absolute Gasteiger partial charge is 0.380 e. The molecule has 3 rings (SSSR count). The number of carbonyl (C=O) groups is 1. The lowest BCUT2D eigenvalue weighted by molar-refractivity contribution is -0.137. The van der Waals surface area contributed by atoms with E-state index in [9.17, 15) is 18.0 Å². The molecule has 4 nitrogen and oxygen atoms in total. The van der Waals surface area contributed by atoms with Gasteiger partial charge in [0.25, 0.3) is 0 Å². The summed E-state index contributed by atoms with van der Waals surface area (Å²) in [4.78, 5) is 14.2. The van der Waals surface area contributed by atoms with Crippen molar-refractivity contribution in [3.8, 4) is 0 Å². The lowest BCUT2D eigenvalue weighted by Crippen LogP contribution is -2.53. The summed E-state index contributed by atoms with van der Waals surface area (Å²) >= 11 is 0. The van der Waals surface area contributed by atoms with Crippen molar-refractivity contribution in [1.82, 2.24) is 10.2 Å². The van der Waals surface area contributed by atoms with Crippen molar-refractivity contribution in [3.63, 3.8) is 0 Å². The van der Waals surface area contributed by atoms with Crippen molar-refractivity contribution in [2.75, 3.05) is 19.8 Å². The lowest BCUT2D eigenvalue weighted by Gasteiger charge is -2.34. The SMILES string of the molecule is O=C1C(NC2CCOC2)CCCN1Cc1cccc(C(F)(F)F)c1. The molecule has 2 aliphatic rings. The summed E-state index contributed by atoms with van der Waals surface area (Å²) in [7, 11) is 0. The van der Waals surface area contributed by atoms with Crippen LogP contribution < -0.4 is 5.32 Å². The van der Waals surface area contributed by atoms with Gasteiger partial charge in [-0.2, -0.15) is 13.2 Å². The third kappa shape index (κ3) is 4.08. The highest BCUT2D eigenvalue weighted by Gasteiger charge is 2.33. The fraction of sp³-hybridized carbons (Fsp3) is 0.588. The van der Waals surface area contributed by atoms with E-state index in [1.807, 2.05) is 0 Å². The molecule has 2 fully saturated rings. The lowest BCUT2D eigenvalue weighted by atomic mass is 10.0. The van der Waals surface area contributed by atoms with E-state index >= 15 is 0 Å². The maximum absolute atomic E-state index is 12.8. The van der Waals surface area contributed by atoms with Gasteiger partial charge in [0, 0.05) is 25.7 Å². The van der Waals surface area contributed by atoms with E-state index in [1.165, 1.54) is 6.07 Å². The van der Waals surface area contributed by atoms with Gasteiger partial charge in [0.05, 0.1) is 18.2 Å². The van der Waals surface area contributed by atoms with Crippen molar-refractivity contribution in [1.29, 1.82) is 0 Å². The molecule has 24 heavy (non-hydrogen) atoms. The molecule has 2 aliphatic heterocycles. The van der Waals surface area contributed by atoms with Crippen molar-refractivity contribution >= 4 is 5.91 Å². The molecule has 7 heteroatoms. The van der Waals surface area contributed by atoms with E-state index in [-0.39, 0.29) is 24.5 Å². The number of hydrogen-bond acceptors (Lipinski definition) is 3. The highest BCUT2D eigenvalue weighted by molar-refractivity contribution is 5.82. The summed E-state index contributed by atoms with van der Waals surface area (Å²) in [5.41, 5.74) is -0.176. The summed E-state index contributed by atoms with van der Waals surface area (Å²) in [5.74, 6) is -0.0365. The Morgan fingerprint density at radius 3 is 2.83 bits per heavy atom. The monoisotopic (exact) mass is 342 g/mol. The standard InChI is InChI=1S/C17H21F3N2O2/c18-17(19,20)13-4-1-3-12(9-13)10-22-7-2-5-15(16(22)23)21-14-6-8-24-11-14/h1,3-4,9,14-15,21H,2,5-8,10-11H2. The predicted octanol–water partition coefficient (Wildman–Crippen LogP) is 2.57. The maximum atomic E-state index is 12.8. The molecule has 1 aromatic carbocycles. The van der Waals surface area contributed by atoms with Crippen LogP contribution in [0.5, 0.6) is 0 Å². The fourth-order valence-corrected chi connectivity index (χ4v) is 3.27. The van der Waals surface area contributed by atoms with Gasteiger partial charge in [0.1, 0.15) is 0 Å². The zero-order chi connectivity index (χ0) is 17.2. The number of likely N-dealkylation sites (tertiary alicyclic amines) is 1. The first-order valence-electron chi connectivity index (χ1n) is 8.22. The van der Waals surface area contributed by atoms with Crippen LogP contribution in [0, 0.1) is 0 Å². The number of nitrogens with zero attached hydrogens (tertiary/aromatic N) is 1. The number of rotatable bonds is 4. The van der Waals surface area contributed by atoms with Crippen LogP contribution >= 0.6 is 0 Å². The predicted molar refractivity (Wildman–Crippen MR) is 82.2 cm³/mol. The first-order chi connectivity index (χ1) is 11.4. The van der Waals surface area contributed by atoms with E-state index in [0.29, 0.717) is 25.3 Å². The van der Waals surface area contributed by atoms with E-state index in [4.69, 9.17) is 4.74 Å². The topological polar surface area (TPSA) is 41.6 Å².